The molecule has 2 heterocycles. The van der Waals surface area contributed by atoms with E-state index >= 15 is 0 Å². The predicted molar refractivity (Wildman–Crippen MR) is 90.2 cm³/mol. The fraction of sp³-hybridized carbons (Fsp3) is 0.688. The smallest absolute Gasteiger partial charge is 0.233 e. The van der Waals surface area contributed by atoms with E-state index in [-0.39, 0.29) is 17.9 Å². The topological polar surface area (TPSA) is 67.2 Å². The van der Waals surface area contributed by atoms with Gasteiger partial charge in [-0.3, -0.25) is 9.59 Å². The Balaban J connectivity index is 1.65. The summed E-state index contributed by atoms with van der Waals surface area (Å²) in [6.45, 7) is 3.46. The highest BCUT2D eigenvalue weighted by molar-refractivity contribution is 7.99. The minimum atomic E-state index is -0.0353. The van der Waals surface area contributed by atoms with E-state index in [1.54, 1.807) is 11.8 Å². The molecular formula is C16H24N4O2S. The van der Waals surface area contributed by atoms with E-state index in [9.17, 15) is 9.59 Å². The lowest BCUT2D eigenvalue weighted by Crippen LogP contribution is -2.41. The molecule has 0 aromatic carbocycles. The average molecular weight is 336 g/mol. The van der Waals surface area contributed by atoms with Crippen LogP contribution in [0.25, 0.3) is 0 Å². The van der Waals surface area contributed by atoms with E-state index in [2.05, 4.69) is 14.9 Å². The number of nitrogens with zero attached hydrogens (tertiary/aromatic N) is 3. The molecule has 1 aromatic heterocycles. The lowest BCUT2D eigenvalue weighted by Gasteiger charge is -2.33. The summed E-state index contributed by atoms with van der Waals surface area (Å²) in [5, 5.41) is 3.04. The van der Waals surface area contributed by atoms with E-state index in [0.29, 0.717) is 24.8 Å². The maximum absolute atomic E-state index is 12.2. The Morgan fingerprint density at radius 3 is 2.83 bits per heavy atom. The Kier molecular flexibility index (Phi) is 4.94. The summed E-state index contributed by atoms with van der Waals surface area (Å²) in [5.74, 6) is 1.59. The van der Waals surface area contributed by atoms with Crippen LogP contribution in [0.5, 0.6) is 0 Å². The first-order valence-corrected chi connectivity index (χ1v) is 9.61. The molecule has 2 aliphatic rings. The third-order valence-electron chi connectivity index (χ3n) is 4.68. The molecule has 1 saturated carbocycles. The summed E-state index contributed by atoms with van der Waals surface area (Å²) in [6, 6.07) is 0.324. The summed E-state index contributed by atoms with van der Waals surface area (Å²) in [6.07, 6.45) is 7.61. The fourth-order valence-electron chi connectivity index (χ4n) is 3.18. The number of hydrogen-bond acceptors (Lipinski definition) is 4. The molecule has 126 valence electrons. The molecule has 2 amide bonds. The highest BCUT2D eigenvalue weighted by Crippen LogP contribution is 2.25. The second-order valence-corrected chi connectivity index (χ2v) is 7.22. The molecule has 1 aliphatic heterocycles. The molecule has 7 heteroatoms. The number of thioether (sulfide) groups is 1. The van der Waals surface area contributed by atoms with Gasteiger partial charge in [0, 0.05) is 25.3 Å². The zero-order valence-corrected chi connectivity index (χ0v) is 14.6. The Bertz CT molecular complexity index is 597. The highest BCUT2D eigenvalue weighted by Gasteiger charge is 2.29. The summed E-state index contributed by atoms with van der Waals surface area (Å²) in [7, 11) is 0. The van der Waals surface area contributed by atoms with Crippen molar-refractivity contribution in [3.05, 3.63) is 17.7 Å². The first kappa shape index (κ1) is 16.4. The molecule has 1 N–H and O–H groups in total. The van der Waals surface area contributed by atoms with Gasteiger partial charge in [0.1, 0.15) is 5.82 Å². The Morgan fingerprint density at radius 2 is 2.17 bits per heavy atom. The quantitative estimate of drug-likeness (QED) is 0.882. The van der Waals surface area contributed by atoms with Gasteiger partial charge in [0.15, 0.2) is 0 Å². The molecule has 3 rings (SSSR count). The van der Waals surface area contributed by atoms with Crippen LogP contribution in [-0.2, 0) is 22.6 Å². The number of carbonyl (C=O) groups excluding carboxylic acids is 2. The van der Waals surface area contributed by atoms with Gasteiger partial charge in [-0.2, -0.15) is 11.8 Å². The maximum atomic E-state index is 12.2. The zero-order chi connectivity index (χ0) is 16.4. The van der Waals surface area contributed by atoms with E-state index < -0.39 is 0 Å². The molecule has 0 spiro atoms. The van der Waals surface area contributed by atoms with Gasteiger partial charge in [-0.15, -0.1) is 0 Å². The Hall–Kier alpha value is -1.50. The van der Waals surface area contributed by atoms with Crippen LogP contribution in [0.15, 0.2) is 6.20 Å². The van der Waals surface area contributed by atoms with Crippen molar-refractivity contribution >= 4 is 23.6 Å². The molecule has 1 fully saturated rings. The molecule has 1 aromatic rings. The number of imidazole rings is 1. The minimum Gasteiger partial charge on any atom is -0.353 e. The third kappa shape index (κ3) is 3.54. The average Bonchev–Trinajstić information content (AvgIpc) is 2.87. The van der Waals surface area contributed by atoms with Crippen LogP contribution in [0, 0.1) is 0 Å². The van der Waals surface area contributed by atoms with Crippen molar-refractivity contribution in [2.75, 3.05) is 18.6 Å². The van der Waals surface area contributed by atoms with Crippen molar-refractivity contribution in [1.82, 2.24) is 19.8 Å². The van der Waals surface area contributed by atoms with Gasteiger partial charge in [0.05, 0.1) is 23.9 Å². The lowest BCUT2D eigenvalue weighted by atomic mass is 9.93. The van der Waals surface area contributed by atoms with Crippen LogP contribution in [0.1, 0.15) is 43.7 Å². The summed E-state index contributed by atoms with van der Waals surface area (Å²) in [4.78, 5) is 30.7. The van der Waals surface area contributed by atoms with E-state index in [1.165, 1.54) is 6.42 Å². The summed E-state index contributed by atoms with van der Waals surface area (Å²) >= 11 is 1.54. The number of nitrogens with one attached hydrogen (secondary N) is 1. The van der Waals surface area contributed by atoms with Crippen LogP contribution in [0.4, 0.5) is 0 Å². The normalized spacial score (nSPS) is 20.8. The van der Waals surface area contributed by atoms with Gasteiger partial charge < -0.3 is 14.8 Å². The van der Waals surface area contributed by atoms with Gasteiger partial charge in [0.25, 0.3) is 0 Å². The number of rotatable bonds is 5. The molecular weight excluding hydrogens is 312 g/mol. The predicted octanol–water partition coefficient (Wildman–Crippen LogP) is 1.36. The molecule has 1 atom stereocenters. The number of aromatic nitrogens is 2. The SMILES string of the molecule is CSCC(=O)N1CCn2cc(CC(=O)NC3CCC3)nc2C1C. The standard InChI is InChI=1S/C16H24N4O2S/c1-11-16-18-13(8-14(21)17-12-4-3-5-12)9-19(16)6-7-20(11)15(22)10-23-2/h9,11-12H,3-8,10H2,1-2H3,(H,17,21). The Morgan fingerprint density at radius 1 is 1.39 bits per heavy atom. The van der Waals surface area contributed by atoms with Crippen molar-refractivity contribution in [1.29, 1.82) is 0 Å². The number of amides is 2. The largest absolute Gasteiger partial charge is 0.353 e. The van der Waals surface area contributed by atoms with Gasteiger partial charge >= 0.3 is 0 Å². The van der Waals surface area contributed by atoms with Crippen LogP contribution >= 0.6 is 11.8 Å². The monoisotopic (exact) mass is 336 g/mol. The molecule has 1 aliphatic carbocycles. The van der Waals surface area contributed by atoms with Gasteiger partial charge in [-0.05, 0) is 32.4 Å². The van der Waals surface area contributed by atoms with Crippen molar-refractivity contribution in [2.24, 2.45) is 0 Å². The van der Waals surface area contributed by atoms with Crippen molar-refractivity contribution in [3.8, 4) is 0 Å². The van der Waals surface area contributed by atoms with Crippen LogP contribution in [0.2, 0.25) is 0 Å². The van der Waals surface area contributed by atoms with E-state index in [1.807, 2.05) is 24.3 Å². The Labute approximate surface area is 141 Å². The summed E-state index contributed by atoms with van der Waals surface area (Å²) < 4.78 is 2.08. The molecule has 6 nitrogen and oxygen atoms in total. The van der Waals surface area contributed by atoms with E-state index in [4.69, 9.17) is 0 Å². The molecule has 0 bridgehead atoms. The molecule has 0 saturated heterocycles. The molecule has 1 unspecified atom stereocenters. The second-order valence-electron chi connectivity index (χ2n) is 6.35. The number of fused-ring (bicyclic) bond motifs is 1. The first-order valence-electron chi connectivity index (χ1n) is 8.22. The van der Waals surface area contributed by atoms with Crippen molar-refractivity contribution in [3.63, 3.8) is 0 Å². The van der Waals surface area contributed by atoms with Crippen molar-refractivity contribution < 1.29 is 9.59 Å². The van der Waals surface area contributed by atoms with E-state index in [0.717, 1.165) is 30.9 Å². The van der Waals surface area contributed by atoms with Crippen LogP contribution < -0.4 is 5.32 Å². The van der Waals surface area contributed by atoms with Gasteiger partial charge in [-0.25, -0.2) is 4.98 Å². The lowest BCUT2D eigenvalue weighted by molar-refractivity contribution is -0.131. The molecule has 23 heavy (non-hydrogen) atoms. The minimum absolute atomic E-state index is 0.0353. The number of hydrogen-bond donors (Lipinski definition) is 1. The van der Waals surface area contributed by atoms with Crippen LogP contribution in [-0.4, -0.2) is 50.9 Å². The van der Waals surface area contributed by atoms with Crippen LogP contribution in [0.3, 0.4) is 0 Å². The zero-order valence-electron chi connectivity index (χ0n) is 13.7. The van der Waals surface area contributed by atoms with Gasteiger partial charge in [0.2, 0.25) is 11.8 Å². The molecule has 0 radical (unpaired) electrons. The first-order chi connectivity index (χ1) is 11.1. The number of carbonyl (C=O) groups is 2. The van der Waals surface area contributed by atoms with Gasteiger partial charge in [-0.1, -0.05) is 0 Å². The maximum Gasteiger partial charge on any atom is 0.233 e. The second kappa shape index (κ2) is 6.95. The van der Waals surface area contributed by atoms with Crippen molar-refractivity contribution in [2.45, 2.75) is 51.2 Å². The highest BCUT2D eigenvalue weighted by atomic mass is 32.2. The fourth-order valence-corrected chi connectivity index (χ4v) is 3.59. The summed E-state index contributed by atoms with van der Waals surface area (Å²) in [5.41, 5.74) is 0.794. The third-order valence-corrected chi connectivity index (χ3v) is 5.22.